The van der Waals surface area contributed by atoms with E-state index < -0.39 is 0 Å². The van der Waals surface area contributed by atoms with Crippen LogP contribution < -0.4 is 15.4 Å². The van der Waals surface area contributed by atoms with Crippen molar-refractivity contribution in [3.8, 4) is 5.75 Å². The molecule has 5 nitrogen and oxygen atoms in total. The molecule has 2 atom stereocenters. The fourth-order valence-corrected chi connectivity index (χ4v) is 2.89. The van der Waals surface area contributed by atoms with Crippen molar-refractivity contribution in [2.24, 2.45) is 5.73 Å². The van der Waals surface area contributed by atoms with Gasteiger partial charge in [-0.25, -0.2) is 0 Å². The molecule has 0 spiro atoms. The van der Waals surface area contributed by atoms with Gasteiger partial charge in [0.15, 0.2) is 0 Å². The summed E-state index contributed by atoms with van der Waals surface area (Å²) in [5.41, 5.74) is 7.15. The smallest absolute Gasteiger partial charge is 0.140 e. The maximum atomic E-state index is 6.04. The van der Waals surface area contributed by atoms with Crippen LogP contribution in [0.25, 0.3) is 0 Å². The van der Waals surface area contributed by atoms with E-state index in [4.69, 9.17) is 15.2 Å². The molecular weight excluding hydrogens is 254 g/mol. The highest BCUT2D eigenvalue weighted by atomic mass is 16.5. The van der Waals surface area contributed by atoms with Gasteiger partial charge in [0.1, 0.15) is 11.9 Å². The summed E-state index contributed by atoms with van der Waals surface area (Å²) in [4.78, 5) is 6.60. The van der Waals surface area contributed by atoms with E-state index in [1.54, 1.807) is 6.20 Å². The van der Waals surface area contributed by atoms with Gasteiger partial charge in [0, 0.05) is 31.8 Å². The Morgan fingerprint density at radius 1 is 1.30 bits per heavy atom. The molecule has 2 fully saturated rings. The lowest BCUT2D eigenvalue weighted by Crippen LogP contribution is -2.42. The van der Waals surface area contributed by atoms with Gasteiger partial charge >= 0.3 is 0 Å². The second-order valence-electron chi connectivity index (χ2n) is 5.68. The lowest BCUT2D eigenvalue weighted by atomic mass is 10.1. The summed E-state index contributed by atoms with van der Waals surface area (Å²) in [6.07, 6.45) is 8.20. The molecule has 0 aliphatic carbocycles. The topological polar surface area (TPSA) is 60.6 Å². The number of piperidine rings is 1. The maximum absolute atomic E-state index is 6.04. The fraction of sp³-hybridized carbons (Fsp3) is 0.667. The number of aromatic nitrogens is 1. The molecule has 110 valence electrons. The van der Waals surface area contributed by atoms with Gasteiger partial charge in [-0.3, -0.25) is 4.98 Å². The van der Waals surface area contributed by atoms with Crippen LogP contribution in [0.4, 0.5) is 5.69 Å². The Morgan fingerprint density at radius 2 is 2.25 bits per heavy atom. The third-order valence-electron chi connectivity index (χ3n) is 3.94. The molecule has 2 aliphatic heterocycles. The van der Waals surface area contributed by atoms with Crippen LogP contribution in [0.2, 0.25) is 0 Å². The number of hydrogen-bond acceptors (Lipinski definition) is 5. The van der Waals surface area contributed by atoms with Crippen molar-refractivity contribution in [3.63, 3.8) is 0 Å². The quantitative estimate of drug-likeness (QED) is 0.908. The van der Waals surface area contributed by atoms with E-state index in [2.05, 4.69) is 16.0 Å². The van der Waals surface area contributed by atoms with Gasteiger partial charge in [0.2, 0.25) is 0 Å². The molecule has 2 unspecified atom stereocenters. The Morgan fingerprint density at radius 3 is 3.05 bits per heavy atom. The molecule has 2 aliphatic rings. The number of hydrogen-bond donors (Lipinski definition) is 1. The summed E-state index contributed by atoms with van der Waals surface area (Å²) < 4.78 is 11.4. The summed E-state index contributed by atoms with van der Waals surface area (Å²) in [5, 5.41) is 0. The molecule has 5 heteroatoms. The van der Waals surface area contributed by atoms with E-state index in [1.807, 2.05) is 6.20 Å². The monoisotopic (exact) mass is 277 g/mol. The third kappa shape index (κ3) is 3.41. The highest BCUT2D eigenvalue weighted by Crippen LogP contribution is 2.24. The summed E-state index contributed by atoms with van der Waals surface area (Å²) in [6.45, 7) is 3.48. The number of nitrogens with two attached hydrogens (primary N) is 1. The molecule has 0 radical (unpaired) electrons. The predicted octanol–water partition coefficient (Wildman–Crippen LogP) is 1.57. The van der Waals surface area contributed by atoms with E-state index >= 15 is 0 Å². The van der Waals surface area contributed by atoms with E-state index in [0.29, 0.717) is 6.61 Å². The average molecular weight is 277 g/mol. The van der Waals surface area contributed by atoms with Crippen LogP contribution >= 0.6 is 0 Å². The Hall–Kier alpha value is -1.33. The highest BCUT2D eigenvalue weighted by Gasteiger charge is 2.19. The van der Waals surface area contributed by atoms with Crippen LogP contribution in [0.15, 0.2) is 18.5 Å². The number of anilines is 1. The van der Waals surface area contributed by atoms with Crippen molar-refractivity contribution >= 4 is 5.69 Å². The van der Waals surface area contributed by atoms with Gasteiger partial charge in [-0.1, -0.05) is 0 Å². The highest BCUT2D eigenvalue weighted by molar-refractivity contribution is 5.48. The lowest BCUT2D eigenvalue weighted by Gasteiger charge is -2.32. The minimum absolute atomic E-state index is 0.157. The zero-order chi connectivity index (χ0) is 13.8. The van der Waals surface area contributed by atoms with Crippen molar-refractivity contribution < 1.29 is 9.47 Å². The molecule has 2 saturated heterocycles. The molecule has 20 heavy (non-hydrogen) atoms. The number of ether oxygens (including phenoxy) is 2. The van der Waals surface area contributed by atoms with Crippen LogP contribution in [0.1, 0.15) is 25.7 Å². The lowest BCUT2D eigenvalue weighted by molar-refractivity contribution is 0.00730. The van der Waals surface area contributed by atoms with Crippen LogP contribution in [-0.4, -0.2) is 43.4 Å². The Labute approximate surface area is 120 Å². The van der Waals surface area contributed by atoms with E-state index in [-0.39, 0.29) is 12.1 Å². The summed E-state index contributed by atoms with van der Waals surface area (Å²) >= 11 is 0. The second kappa shape index (κ2) is 6.41. The maximum Gasteiger partial charge on any atom is 0.140 e. The van der Waals surface area contributed by atoms with Gasteiger partial charge in [-0.2, -0.15) is 0 Å². The van der Waals surface area contributed by atoms with E-state index in [0.717, 1.165) is 56.8 Å². The summed E-state index contributed by atoms with van der Waals surface area (Å²) in [6, 6.07) is 2.33. The fourth-order valence-electron chi connectivity index (χ4n) is 2.89. The Bertz CT molecular complexity index is 435. The molecule has 2 N–H and O–H groups in total. The van der Waals surface area contributed by atoms with Gasteiger partial charge in [0.25, 0.3) is 0 Å². The van der Waals surface area contributed by atoms with Crippen molar-refractivity contribution in [2.45, 2.75) is 37.8 Å². The van der Waals surface area contributed by atoms with Crippen molar-refractivity contribution in [3.05, 3.63) is 18.5 Å². The van der Waals surface area contributed by atoms with Gasteiger partial charge in [-0.15, -0.1) is 0 Å². The van der Waals surface area contributed by atoms with Crippen LogP contribution in [0, 0.1) is 0 Å². The molecule has 3 heterocycles. The molecule has 0 bridgehead atoms. The summed E-state index contributed by atoms with van der Waals surface area (Å²) in [7, 11) is 0. The third-order valence-corrected chi connectivity index (χ3v) is 3.94. The predicted molar refractivity (Wildman–Crippen MR) is 78.1 cm³/mol. The van der Waals surface area contributed by atoms with Crippen molar-refractivity contribution in [1.29, 1.82) is 0 Å². The van der Waals surface area contributed by atoms with Gasteiger partial charge in [0.05, 0.1) is 24.7 Å². The van der Waals surface area contributed by atoms with Crippen LogP contribution in [-0.2, 0) is 4.74 Å². The SMILES string of the molecule is NC1CCCN(c2cncc(OC3CCCOC3)c2)C1. The minimum atomic E-state index is 0.157. The first-order chi connectivity index (χ1) is 9.81. The van der Waals surface area contributed by atoms with Crippen LogP contribution in [0.3, 0.4) is 0 Å². The normalized spacial score (nSPS) is 27.4. The van der Waals surface area contributed by atoms with Crippen LogP contribution in [0.5, 0.6) is 5.75 Å². The van der Waals surface area contributed by atoms with E-state index in [9.17, 15) is 0 Å². The first-order valence-electron chi connectivity index (χ1n) is 7.51. The average Bonchev–Trinajstić information content (AvgIpc) is 2.49. The molecular formula is C15H23N3O2. The largest absolute Gasteiger partial charge is 0.486 e. The Kier molecular flexibility index (Phi) is 4.38. The zero-order valence-electron chi connectivity index (χ0n) is 11.8. The number of nitrogens with zero attached hydrogens (tertiary/aromatic N) is 2. The first-order valence-corrected chi connectivity index (χ1v) is 7.51. The molecule has 0 saturated carbocycles. The molecule has 0 amide bonds. The zero-order valence-corrected chi connectivity index (χ0v) is 11.8. The first kappa shape index (κ1) is 13.6. The van der Waals surface area contributed by atoms with Gasteiger partial charge in [-0.05, 0) is 25.7 Å². The second-order valence-corrected chi connectivity index (χ2v) is 5.68. The number of pyridine rings is 1. The standard InChI is InChI=1S/C15H23N3O2/c16-12-3-1-5-18(10-12)13-7-15(9-17-8-13)20-14-4-2-6-19-11-14/h7-9,12,14H,1-6,10-11,16H2. The summed E-state index contributed by atoms with van der Waals surface area (Å²) in [5.74, 6) is 0.831. The van der Waals surface area contributed by atoms with Crippen molar-refractivity contribution in [2.75, 3.05) is 31.2 Å². The molecule has 1 aromatic heterocycles. The number of rotatable bonds is 3. The van der Waals surface area contributed by atoms with E-state index in [1.165, 1.54) is 0 Å². The van der Waals surface area contributed by atoms with Gasteiger partial charge < -0.3 is 20.1 Å². The minimum Gasteiger partial charge on any atom is -0.486 e. The molecule has 3 rings (SSSR count). The molecule has 1 aromatic rings. The molecule has 0 aromatic carbocycles. The van der Waals surface area contributed by atoms with Crippen molar-refractivity contribution in [1.82, 2.24) is 4.98 Å². The Balaban J connectivity index is 1.65.